The Morgan fingerprint density at radius 3 is 2.36 bits per heavy atom. The van der Waals surface area contributed by atoms with Gasteiger partial charge >= 0.3 is 0 Å². The summed E-state index contributed by atoms with van der Waals surface area (Å²) in [6.07, 6.45) is 0. The molecule has 1 heteroatoms. The van der Waals surface area contributed by atoms with Crippen LogP contribution in [0.2, 0.25) is 0 Å². The highest BCUT2D eigenvalue weighted by molar-refractivity contribution is 5.97. The molecule has 1 N–H and O–H groups in total. The van der Waals surface area contributed by atoms with Crippen molar-refractivity contribution in [2.24, 2.45) is 0 Å². The maximum atomic E-state index is 7.45. The molecule has 1 aromatic rings. The van der Waals surface area contributed by atoms with Gasteiger partial charge in [-0.2, -0.15) is 0 Å². The lowest BCUT2D eigenvalue weighted by Crippen LogP contribution is -1.95. The quantitative estimate of drug-likeness (QED) is 0.590. The van der Waals surface area contributed by atoms with Crippen LogP contribution in [0.5, 0.6) is 0 Å². The van der Waals surface area contributed by atoms with E-state index in [4.69, 9.17) is 5.41 Å². The lowest BCUT2D eigenvalue weighted by Gasteiger charge is -2.03. The van der Waals surface area contributed by atoms with Gasteiger partial charge in [-0.1, -0.05) is 23.8 Å². The minimum atomic E-state index is 0.641. The molecular weight excluding hydrogens is 134 g/mol. The third-order valence-electron chi connectivity index (χ3n) is 1.79. The van der Waals surface area contributed by atoms with Crippen LogP contribution in [0.15, 0.2) is 18.2 Å². The zero-order chi connectivity index (χ0) is 8.43. The molecule has 0 fully saturated rings. The van der Waals surface area contributed by atoms with Crippen molar-refractivity contribution in [3.8, 4) is 0 Å². The summed E-state index contributed by atoms with van der Waals surface area (Å²) in [4.78, 5) is 0. The van der Waals surface area contributed by atoms with E-state index in [1.54, 1.807) is 0 Å². The van der Waals surface area contributed by atoms with Gasteiger partial charge < -0.3 is 5.41 Å². The summed E-state index contributed by atoms with van der Waals surface area (Å²) in [7, 11) is 0. The average Bonchev–Trinajstić information content (AvgIpc) is 1.85. The van der Waals surface area contributed by atoms with E-state index < -0.39 is 0 Å². The van der Waals surface area contributed by atoms with Crippen LogP contribution < -0.4 is 0 Å². The van der Waals surface area contributed by atoms with E-state index in [0.29, 0.717) is 5.71 Å². The fraction of sp³-hybridized carbons (Fsp3) is 0.300. The van der Waals surface area contributed by atoms with Crippen molar-refractivity contribution >= 4 is 5.71 Å². The molecule has 58 valence electrons. The largest absolute Gasteiger partial charge is 0.305 e. The first kappa shape index (κ1) is 7.99. The molecule has 0 aliphatic heterocycles. The summed E-state index contributed by atoms with van der Waals surface area (Å²) in [6, 6.07) is 6.15. The van der Waals surface area contributed by atoms with Crippen LogP contribution in [0.4, 0.5) is 0 Å². The van der Waals surface area contributed by atoms with Gasteiger partial charge in [-0.3, -0.25) is 0 Å². The summed E-state index contributed by atoms with van der Waals surface area (Å²) in [5, 5.41) is 7.45. The zero-order valence-corrected chi connectivity index (χ0v) is 7.23. The van der Waals surface area contributed by atoms with E-state index in [1.165, 1.54) is 11.1 Å². The molecule has 0 heterocycles. The number of aryl methyl sites for hydroxylation is 2. The Kier molecular flexibility index (Phi) is 2.08. The Balaban J connectivity index is 3.20. The highest BCUT2D eigenvalue weighted by Gasteiger charge is 1.98. The highest BCUT2D eigenvalue weighted by atomic mass is 14.4. The third kappa shape index (κ3) is 1.67. The number of benzene rings is 1. The normalized spacial score (nSPS) is 9.73. The second-order valence-corrected chi connectivity index (χ2v) is 2.94. The molecule has 0 spiro atoms. The second kappa shape index (κ2) is 2.87. The van der Waals surface area contributed by atoms with Crippen LogP contribution in [0.3, 0.4) is 0 Å². The Morgan fingerprint density at radius 1 is 1.27 bits per heavy atom. The molecule has 1 aromatic carbocycles. The van der Waals surface area contributed by atoms with Crippen molar-refractivity contribution in [2.45, 2.75) is 20.8 Å². The van der Waals surface area contributed by atoms with Crippen LogP contribution in [-0.4, -0.2) is 5.71 Å². The van der Waals surface area contributed by atoms with E-state index in [0.717, 1.165) is 5.56 Å². The van der Waals surface area contributed by atoms with E-state index in [9.17, 15) is 0 Å². The zero-order valence-electron chi connectivity index (χ0n) is 7.23. The highest BCUT2D eigenvalue weighted by Crippen LogP contribution is 2.10. The molecule has 0 atom stereocenters. The maximum Gasteiger partial charge on any atom is 0.0357 e. The van der Waals surface area contributed by atoms with Crippen molar-refractivity contribution in [3.63, 3.8) is 0 Å². The molecule has 0 saturated heterocycles. The number of rotatable bonds is 1. The molecule has 0 bridgehead atoms. The Bertz CT molecular complexity index is 287. The smallest absolute Gasteiger partial charge is 0.0357 e. The molecule has 1 nitrogen and oxygen atoms in total. The lowest BCUT2D eigenvalue weighted by molar-refractivity contribution is 1.34. The van der Waals surface area contributed by atoms with Gasteiger partial charge in [0.25, 0.3) is 0 Å². The number of nitrogens with one attached hydrogen (secondary N) is 1. The summed E-state index contributed by atoms with van der Waals surface area (Å²) in [6.45, 7) is 5.92. The first-order valence-corrected chi connectivity index (χ1v) is 3.74. The van der Waals surface area contributed by atoms with Crippen molar-refractivity contribution in [2.75, 3.05) is 0 Å². The molecule has 11 heavy (non-hydrogen) atoms. The average molecular weight is 147 g/mol. The van der Waals surface area contributed by atoms with Gasteiger partial charge in [0.15, 0.2) is 0 Å². The fourth-order valence-electron chi connectivity index (χ4n) is 1.23. The third-order valence-corrected chi connectivity index (χ3v) is 1.79. The SMILES string of the molecule is CC(=N)c1ccc(C)cc1C. The van der Waals surface area contributed by atoms with Crippen LogP contribution in [0.25, 0.3) is 0 Å². The standard InChI is InChI=1S/C10H13N/c1-7-4-5-10(9(3)11)8(2)6-7/h4-6,11H,1-3H3. The molecule has 0 radical (unpaired) electrons. The van der Waals surface area contributed by atoms with Crippen LogP contribution in [0, 0.1) is 19.3 Å². The molecule has 0 amide bonds. The summed E-state index contributed by atoms with van der Waals surface area (Å²) >= 11 is 0. The van der Waals surface area contributed by atoms with Crippen molar-refractivity contribution in [3.05, 3.63) is 34.9 Å². The maximum absolute atomic E-state index is 7.45. The first-order chi connectivity index (χ1) is 5.11. The Labute approximate surface area is 67.6 Å². The van der Waals surface area contributed by atoms with Crippen molar-refractivity contribution in [1.29, 1.82) is 5.41 Å². The van der Waals surface area contributed by atoms with Gasteiger partial charge in [-0.05, 0) is 31.9 Å². The molecule has 0 aromatic heterocycles. The van der Waals surface area contributed by atoms with Gasteiger partial charge in [0.2, 0.25) is 0 Å². The second-order valence-electron chi connectivity index (χ2n) is 2.94. The van der Waals surface area contributed by atoms with Gasteiger partial charge in [-0.25, -0.2) is 0 Å². The Morgan fingerprint density at radius 2 is 1.91 bits per heavy atom. The van der Waals surface area contributed by atoms with Crippen LogP contribution >= 0.6 is 0 Å². The summed E-state index contributed by atoms with van der Waals surface area (Å²) < 4.78 is 0. The predicted octanol–water partition coefficient (Wildman–Crippen LogP) is 2.69. The molecule has 0 aliphatic carbocycles. The van der Waals surface area contributed by atoms with E-state index in [-0.39, 0.29) is 0 Å². The Hall–Kier alpha value is -1.11. The van der Waals surface area contributed by atoms with Gasteiger partial charge in [0.1, 0.15) is 0 Å². The topological polar surface area (TPSA) is 23.9 Å². The first-order valence-electron chi connectivity index (χ1n) is 3.74. The van der Waals surface area contributed by atoms with Crippen LogP contribution in [-0.2, 0) is 0 Å². The summed E-state index contributed by atoms with van der Waals surface area (Å²) in [5.74, 6) is 0. The molecule has 0 saturated carbocycles. The van der Waals surface area contributed by atoms with Crippen LogP contribution in [0.1, 0.15) is 23.6 Å². The number of hydrogen-bond acceptors (Lipinski definition) is 1. The summed E-state index contributed by atoms with van der Waals surface area (Å²) in [5.41, 5.74) is 4.14. The predicted molar refractivity (Wildman–Crippen MR) is 48.4 cm³/mol. The molecule has 0 unspecified atom stereocenters. The van der Waals surface area contributed by atoms with Gasteiger partial charge in [0.05, 0.1) is 0 Å². The molecular formula is C10H13N. The van der Waals surface area contributed by atoms with E-state index in [1.807, 2.05) is 26.0 Å². The minimum absolute atomic E-state index is 0.641. The lowest BCUT2D eigenvalue weighted by atomic mass is 10.0. The monoisotopic (exact) mass is 147 g/mol. The van der Waals surface area contributed by atoms with Gasteiger partial charge in [-0.15, -0.1) is 0 Å². The fourth-order valence-corrected chi connectivity index (χ4v) is 1.23. The molecule has 1 rings (SSSR count). The van der Waals surface area contributed by atoms with E-state index in [2.05, 4.69) is 13.0 Å². The van der Waals surface area contributed by atoms with E-state index >= 15 is 0 Å². The van der Waals surface area contributed by atoms with Crippen molar-refractivity contribution in [1.82, 2.24) is 0 Å². The molecule has 0 aliphatic rings. The van der Waals surface area contributed by atoms with Gasteiger partial charge in [0, 0.05) is 5.71 Å². The van der Waals surface area contributed by atoms with Crippen molar-refractivity contribution < 1.29 is 0 Å². The number of hydrogen-bond donors (Lipinski definition) is 1. The minimum Gasteiger partial charge on any atom is -0.305 e.